The van der Waals surface area contributed by atoms with Crippen molar-refractivity contribution in [3.8, 4) is 0 Å². The molecule has 1 aliphatic rings. The van der Waals surface area contributed by atoms with E-state index in [4.69, 9.17) is 0 Å². The average Bonchev–Trinajstić information content (AvgIpc) is 2.35. The number of fused-ring (bicyclic) bond motifs is 1. The van der Waals surface area contributed by atoms with Gasteiger partial charge in [-0.15, -0.1) is 0 Å². The van der Waals surface area contributed by atoms with E-state index in [1.807, 2.05) is 24.3 Å². The van der Waals surface area contributed by atoms with E-state index in [-0.39, 0.29) is 5.56 Å². The minimum absolute atomic E-state index is 0.270. The third kappa shape index (κ3) is 1.39. The van der Waals surface area contributed by atoms with Crippen molar-refractivity contribution in [1.82, 2.24) is 15.0 Å². The molecule has 1 atom stereocenters. The summed E-state index contributed by atoms with van der Waals surface area (Å²) in [6.07, 6.45) is 7.74. The van der Waals surface area contributed by atoms with Crippen molar-refractivity contribution in [1.29, 1.82) is 0 Å². The lowest BCUT2D eigenvalue weighted by molar-refractivity contribution is 0.646. The zero-order valence-electron chi connectivity index (χ0n) is 8.14. The third-order valence-corrected chi connectivity index (χ3v) is 2.25. The number of rotatable bonds is 0. The molecule has 0 amide bonds. The van der Waals surface area contributed by atoms with E-state index in [1.54, 1.807) is 11.7 Å². The van der Waals surface area contributed by atoms with Gasteiger partial charge in [-0.3, -0.25) is 4.79 Å². The number of hydrogen-bond acceptors (Lipinski definition) is 3. The Kier molecular flexibility index (Phi) is 2.04. The maximum atomic E-state index is 11.4. The molecule has 1 aromatic rings. The molecular weight excluding hydrogens is 178 g/mol. The molecule has 0 saturated heterocycles. The van der Waals surface area contributed by atoms with Crippen LogP contribution in [0.3, 0.4) is 0 Å². The number of hydrogen-bond donors (Lipinski definition) is 0. The fraction of sp³-hybridized carbons (Fsp3) is 0.300. The number of allylic oxidation sites excluding steroid dienone is 2. The van der Waals surface area contributed by atoms with E-state index in [9.17, 15) is 4.79 Å². The minimum atomic E-state index is -0.270. The highest BCUT2D eigenvalue weighted by Gasteiger charge is 2.09. The van der Waals surface area contributed by atoms with Gasteiger partial charge in [0.1, 0.15) is 0 Å². The SMILES string of the molecule is CC1C=Cc2c(n(C)nnc2=O)C=C1. The van der Waals surface area contributed by atoms with Crippen LogP contribution in [-0.4, -0.2) is 15.0 Å². The Morgan fingerprint density at radius 2 is 2.07 bits per heavy atom. The van der Waals surface area contributed by atoms with Crippen molar-refractivity contribution in [2.45, 2.75) is 6.92 Å². The van der Waals surface area contributed by atoms with Crippen molar-refractivity contribution in [3.63, 3.8) is 0 Å². The normalized spacial score (nSPS) is 19.1. The van der Waals surface area contributed by atoms with Crippen LogP contribution in [0.25, 0.3) is 12.2 Å². The van der Waals surface area contributed by atoms with E-state index in [0.29, 0.717) is 11.5 Å². The number of aromatic nitrogens is 3. The Labute approximate surface area is 81.6 Å². The highest BCUT2D eigenvalue weighted by atomic mass is 16.1. The van der Waals surface area contributed by atoms with Gasteiger partial charge in [0.15, 0.2) is 0 Å². The van der Waals surface area contributed by atoms with Crippen LogP contribution in [0.1, 0.15) is 18.2 Å². The summed E-state index contributed by atoms with van der Waals surface area (Å²) in [5, 5.41) is 7.26. The lowest BCUT2D eigenvalue weighted by Crippen LogP contribution is -2.19. The van der Waals surface area contributed by atoms with E-state index in [2.05, 4.69) is 17.2 Å². The van der Waals surface area contributed by atoms with Crippen LogP contribution in [0.4, 0.5) is 0 Å². The molecular formula is C10H11N3O. The first-order valence-corrected chi connectivity index (χ1v) is 4.49. The smallest absolute Gasteiger partial charge is 0.265 e. The zero-order chi connectivity index (χ0) is 10.1. The Morgan fingerprint density at radius 1 is 1.36 bits per heavy atom. The van der Waals surface area contributed by atoms with Gasteiger partial charge in [-0.1, -0.05) is 35.5 Å². The van der Waals surface area contributed by atoms with Crippen LogP contribution >= 0.6 is 0 Å². The van der Waals surface area contributed by atoms with Crippen molar-refractivity contribution >= 4 is 12.2 Å². The summed E-state index contributed by atoms with van der Waals surface area (Å²) >= 11 is 0. The lowest BCUT2D eigenvalue weighted by Gasteiger charge is -2.02. The molecule has 72 valence electrons. The van der Waals surface area contributed by atoms with E-state index in [1.165, 1.54) is 0 Å². The van der Waals surface area contributed by atoms with Crippen molar-refractivity contribution in [2.75, 3.05) is 0 Å². The van der Waals surface area contributed by atoms with Gasteiger partial charge < -0.3 is 0 Å². The molecule has 4 nitrogen and oxygen atoms in total. The monoisotopic (exact) mass is 189 g/mol. The summed E-state index contributed by atoms with van der Waals surface area (Å²) in [6.45, 7) is 2.06. The fourth-order valence-electron chi connectivity index (χ4n) is 1.40. The van der Waals surface area contributed by atoms with Gasteiger partial charge in [0.2, 0.25) is 0 Å². The number of nitrogens with zero attached hydrogens (tertiary/aromatic N) is 3. The average molecular weight is 189 g/mol. The van der Waals surface area contributed by atoms with E-state index < -0.39 is 0 Å². The second-order valence-corrected chi connectivity index (χ2v) is 3.39. The van der Waals surface area contributed by atoms with Crippen LogP contribution in [0.5, 0.6) is 0 Å². The first-order chi connectivity index (χ1) is 6.68. The molecule has 0 bridgehead atoms. The fourth-order valence-corrected chi connectivity index (χ4v) is 1.40. The van der Waals surface area contributed by atoms with Crippen molar-refractivity contribution in [3.05, 3.63) is 33.8 Å². The van der Waals surface area contributed by atoms with Gasteiger partial charge in [-0.2, -0.15) is 0 Å². The highest BCUT2D eigenvalue weighted by Crippen LogP contribution is 2.14. The standard InChI is InChI=1S/C10H11N3O/c1-7-3-5-8-9(6-4-7)13(2)12-11-10(8)14/h3-7H,1-2H3. The molecule has 0 spiro atoms. The van der Waals surface area contributed by atoms with E-state index in [0.717, 1.165) is 5.69 Å². The minimum Gasteiger partial charge on any atom is -0.265 e. The summed E-state index contributed by atoms with van der Waals surface area (Å²) < 4.78 is 1.61. The second-order valence-electron chi connectivity index (χ2n) is 3.39. The Balaban J connectivity index is 2.73. The third-order valence-electron chi connectivity index (χ3n) is 2.25. The topological polar surface area (TPSA) is 47.8 Å². The maximum Gasteiger partial charge on any atom is 0.299 e. The van der Waals surface area contributed by atoms with Gasteiger partial charge in [0.05, 0.1) is 11.3 Å². The first-order valence-electron chi connectivity index (χ1n) is 4.49. The van der Waals surface area contributed by atoms with Gasteiger partial charge in [0, 0.05) is 7.05 Å². The van der Waals surface area contributed by atoms with Crippen molar-refractivity contribution < 1.29 is 0 Å². The summed E-state index contributed by atoms with van der Waals surface area (Å²) in [6, 6.07) is 0. The molecule has 1 heterocycles. The van der Waals surface area contributed by atoms with Gasteiger partial charge in [-0.05, 0) is 12.0 Å². The molecule has 14 heavy (non-hydrogen) atoms. The molecule has 0 radical (unpaired) electrons. The summed E-state index contributed by atoms with van der Waals surface area (Å²) in [7, 11) is 1.78. The summed E-state index contributed by atoms with van der Waals surface area (Å²) in [5.41, 5.74) is 1.15. The summed E-state index contributed by atoms with van der Waals surface area (Å²) in [5.74, 6) is 0.335. The first kappa shape index (κ1) is 8.87. The predicted octanol–water partition coefficient (Wildman–Crippen LogP) is 0.851. The zero-order valence-corrected chi connectivity index (χ0v) is 8.14. The predicted molar refractivity (Wildman–Crippen MR) is 54.5 cm³/mol. The molecule has 0 fully saturated rings. The van der Waals surface area contributed by atoms with Crippen LogP contribution < -0.4 is 5.56 Å². The molecule has 1 unspecified atom stereocenters. The second kappa shape index (κ2) is 3.21. The maximum absolute atomic E-state index is 11.4. The van der Waals surface area contributed by atoms with Gasteiger partial charge in [0.25, 0.3) is 5.56 Å². The largest absolute Gasteiger partial charge is 0.299 e. The molecule has 2 rings (SSSR count). The molecule has 0 N–H and O–H groups in total. The van der Waals surface area contributed by atoms with Gasteiger partial charge >= 0.3 is 0 Å². The highest BCUT2D eigenvalue weighted by molar-refractivity contribution is 5.64. The van der Waals surface area contributed by atoms with Crippen LogP contribution in [0.15, 0.2) is 16.9 Å². The molecule has 0 aromatic carbocycles. The lowest BCUT2D eigenvalue weighted by atomic mass is 10.2. The molecule has 1 aromatic heterocycles. The summed E-state index contributed by atoms with van der Waals surface area (Å²) in [4.78, 5) is 11.4. The Bertz CT molecular complexity index is 471. The van der Waals surface area contributed by atoms with Crippen LogP contribution in [-0.2, 0) is 7.05 Å². The van der Waals surface area contributed by atoms with Gasteiger partial charge in [-0.25, -0.2) is 4.68 Å². The molecule has 0 saturated carbocycles. The Morgan fingerprint density at radius 3 is 2.86 bits per heavy atom. The molecule has 1 aliphatic carbocycles. The van der Waals surface area contributed by atoms with Crippen molar-refractivity contribution in [2.24, 2.45) is 13.0 Å². The molecule has 0 aliphatic heterocycles. The number of aryl methyl sites for hydroxylation is 1. The van der Waals surface area contributed by atoms with E-state index >= 15 is 0 Å². The Hall–Kier alpha value is -1.71. The quantitative estimate of drug-likeness (QED) is 0.608. The molecule has 4 heteroatoms. The van der Waals surface area contributed by atoms with Crippen LogP contribution in [0.2, 0.25) is 0 Å². The van der Waals surface area contributed by atoms with Crippen LogP contribution in [0, 0.1) is 5.92 Å².